The molecule has 1 amide bonds. The highest BCUT2D eigenvalue weighted by Gasteiger charge is 2.34. The molecule has 1 aromatic carbocycles. The minimum absolute atomic E-state index is 0.0659. The van der Waals surface area contributed by atoms with Gasteiger partial charge in [0.2, 0.25) is 5.91 Å². The minimum Gasteiger partial charge on any atom is -0.550 e. The number of methoxy groups -OCH3 is 1. The molecule has 0 aromatic heterocycles. The van der Waals surface area contributed by atoms with Gasteiger partial charge in [0, 0.05) is 55.7 Å². The van der Waals surface area contributed by atoms with E-state index in [0.717, 1.165) is 24.5 Å². The molecular weight excluding hydrogens is 320 g/mol. The van der Waals surface area contributed by atoms with Crippen LogP contribution in [0.25, 0.3) is 0 Å². The predicted octanol–water partition coefficient (Wildman–Crippen LogP) is 0.676. The van der Waals surface area contributed by atoms with Crippen LogP contribution in [0.5, 0.6) is 5.75 Å². The summed E-state index contributed by atoms with van der Waals surface area (Å²) in [6.45, 7) is 2.63. The first-order chi connectivity index (χ1) is 12.1. The number of hydrogen-bond donors (Lipinski definition) is 0. The number of benzene rings is 1. The summed E-state index contributed by atoms with van der Waals surface area (Å²) in [5, 5.41) is 11.3. The van der Waals surface area contributed by atoms with Gasteiger partial charge in [0.15, 0.2) is 0 Å². The maximum Gasteiger partial charge on any atom is 0.226 e. The zero-order chi connectivity index (χ0) is 17.8. The lowest BCUT2D eigenvalue weighted by Gasteiger charge is -2.39. The Kier molecular flexibility index (Phi) is 5.26. The Hall–Kier alpha value is -2.50. The van der Waals surface area contributed by atoms with Crippen molar-refractivity contribution in [2.45, 2.75) is 12.8 Å². The molecule has 3 rings (SSSR count). The van der Waals surface area contributed by atoms with Gasteiger partial charge in [0.1, 0.15) is 5.75 Å². The van der Waals surface area contributed by atoms with E-state index in [2.05, 4.69) is 4.90 Å². The summed E-state index contributed by atoms with van der Waals surface area (Å²) in [5.41, 5.74) is 1.07. The SMILES string of the molecule is COc1cccc(N2CCN(C(=O)[C@H]3CC=CC[C@@H]3C(=O)[O-])CC2)c1. The van der Waals surface area contributed by atoms with Gasteiger partial charge in [-0.15, -0.1) is 0 Å². The fraction of sp³-hybridized carbons (Fsp3) is 0.474. The van der Waals surface area contributed by atoms with Gasteiger partial charge in [-0.05, 0) is 25.0 Å². The summed E-state index contributed by atoms with van der Waals surface area (Å²) in [6, 6.07) is 7.86. The number of anilines is 1. The van der Waals surface area contributed by atoms with Crippen LogP contribution in [0.15, 0.2) is 36.4 Å². The van der Waals surface area contributed by atoms with E-state index in [-0.39, 0.29) is 5.91 Å². The van der Waals surface area contributed by atoms with Crippen LogP contribution >= 0.6 is 0 Å². The molecule has 0 bridgehead atoms. The molecule has 0 unspecified atom stereocenters. The maximum atomic E-state index is 12.8. The molecule has 134 valence electrons. The molecule has 25 heavy (non-hydrogen) atoms. The second kappa shape index (κ2) is 7.59. The summed E-state index contributed by atoms with van der Waals surface area (Å²) in [6.07, 6.45) is 4.58. The van der Waals surface area contributed by atoms with E-state index in [4.69, 9.17) is 4.74 Å². The normalized spacial score (nSPS) is 23.4. The van der Waals surface area contributed by atoms with E-state index in [9.17, 15) is 14.7 Å². The fourth-order valence-electron chi connectivity index (χ4n) is 3.57. The van der Waals surface area contributed by atoms with Crippen LogP contribution < -0.4 is 14.7 Å². The van der Waals surface area contributed by atoms with Gasteiger partial charge in [-0.1, -0.05) is 18.2 Å². The largest absolute Gasteiger partial charge is 0.550 e. The number of amides is 1. The number of ether oxygens (including phenoxy) is 1. The standard InChI is InChI=1S/C19H24N2O4/c1-25-15-6-4-5-14(13-15)20-9-11-21(12-10-20)18(22)16-7-2-3-8-17(16)19(23)24/h2-6,13,16-17H,7-12H2,1H3,(H,23,24)/p-1/t16-,17-/m0/s1. The highest BCUT2D eigenvalue weighted by atomic mass is 16.5. The lowest BCUT2D eigenvalue weighted by molar-refractivity contribution is -0.313. The molecule has 0 N–H and O–H groups in total. The van der Waals surface area contributed by atoms with Crippen molar-refractivity contribution in [3.05, 3.63) is 36.4 Å². The Morgan fingerprint density at radius 3 is 2.40 bits per heavy atom. The van der Waals surface area contributed by atoms with Gasteiger partial charge in [0.05, 0.1) is 7.11 Å². The molecule has 6 nitrogen and oxygen atoms in total. The summed E-state index contributed by atoms with van der Waals surface area (Å²) < 4.78 is 5.26. The number of allylic oxidation sites excluding steroid dienone is 2. The van der Waals surface area contributed by atoms with Gasteiger partial charge in [-0.2, -0.15) is 0 Å². The Bertz CT molecular complexity index is 665. The smallest absolute Gasteiger partial charge is 0.226 e. The highest BCUT2D eigenvalue weighted by molar-refractivity contribution is 5.85. The van der Waals surface area contributed by atoms with Crippen molar-refractivity contribution < 1.29 is 19.4 Å². The molecule has 0 spiro atoms. The average molecular weight is 343 g/mol. The number of carboxylic acid groups (broad SMARTS) is 1. The molecule has 6 heteroatoms. The Balaban J connectivity index is 1.62. The Labute approximate surface area is 147 Å². The quantitative estimate of drug-likeness (QED) is 0.752. The summed E-state index contributed by atoms with van der Waals surface area (Å²) in [4.78, 5) is 28.1. The Morgan fingerprint density at radius 1 is 1.08 bits per heavy atom. The van der Waals surface area contributed by atoms with Crippen molar-refractivity contribution in [2.24, 2.45) is 11.8 Å². The van der Waals surface area contributed by atoms with E-state index >= 15 is 0 Å². The number of carboxylic acids is 1. The lowest BCUT2D eigenvalue weighted by atomic mass is 9.82. The highest BCUT2D eigenvalue weighted by Crippen LogP contribution is 2.28. The number of piperazine rings is 1. The minimum atomic E-state index is -1.13. The summed E-state index contributed by atoms with van der Waals surface area (Å²) in [7, 11) is 1.64. The van der Waals surface area contributed by atoms with Crippen molar-refractivity contribution in [3.8, 4) is 5.75 Å². The van der Waals surface area contributed by atoms with E-state index in [1.54, 1.807) is 12.0 Å². The van der Waals surface area contributed by atoms with Crippen LogP contribution in [-0.2, 0) is 9.59 Å². The number of rotatable bonds is 4. The van der Waals surface area contributed by atoms with Crippen LogP contribution in [0.2, 0.25) is 0 Å². The first-order valence-electron chi connectivity index (χ1n) is 8.64. The number of aliphatic carboxylic acids is 1. The van der Waals surface area contributed by atoms with E-state index in [1.807, 2.05) is 36.4 Å². The van der Waals surface area contributed by atoms with Gasteiger partial charge in [0.25, 0.3) is 0 Å². The zero-order valence-corrected chi connectivity index (χ0v) is 14.4. The first kappa shape index (κ1) is 17.3. The molecular formula is C19H23N2O4-. The second-order valence-electron chi connectivity index (χ2n) is 6.49. The van der Waals surface area contributed by atoms with Gasteiger partial charge in [-0.25, -0.2) is 0 Å². The van der Waals surface area contributed by atoms with Crippen LogP contribution in [0.1, 0.15) is 12.8 Å². The van der Waals surface area contributed by atoms with Crippen molar-refractivity contribution in [1.82, 2.24) is 4.90 Å². The molecule has 1 aliphatic heterocycles. The van der Waals surface area contributed by atoms with Crippen molar-refractivity contribution >= 4 is 17.6 Å². The number of carbonyl (C=O) groups is 2. The van der Waals surface area contributed by atoms with Crippen LogP contribution in [0.3, 0.4) is 0 Å². The fourth-order valence-corrected chi connectivity index (χ4v) is 3.57. The first-order valence-corrected chi connectivity index (χ1v) is 8.64. The third-order valence-electron chi connectivity index (χ3n) is 5.06. The number of carbonyl (C=O) groups excluding carboxylic acids is 2. The third-order valence-corrected chi connectivity index (χ3v) is 5.06. The summed E-state index contributed by atoms with van der Waals surface area (Å²) >= 11 is 0. The zero-order valence-electron chi connectivity index (χ0n) is 14.4. The molecule has 1 aliphatic carbocycles. The van der Waals surface area contributed by atoms with Crippen LogP contribution in [0.4, 0.5) is 5.69 Å². The van der Waals surface area contributed by atoms with E-state index in [0.29, 0.717) is 25.9 Å². The summed E-state index contributed by atoms with van der Waals surface area (Å²) in [5.74, 6) is -1.60. The number of nitrogens with zero attached hydrogens (tertiary/aromatic N) is 2. The maximum absolute atomic E-state index is 12.8. The molecule has 2 atom stereocenters. The lowest BCUT2D eigenvalue weighted by Crippen LogP contribution is -2.52. The molecule has 0 radical (unpaired) electrons. The van der Waals surface area contributed by atoms with Gasteiger partial charge < -0.3 is 24.4 Å². The molecule has 0 saturated carbocycles. The molecule has 1 fully saturated rings. The van der Waals surface area contributed by atoms with Crippen molar-refractivity contribution in [1.29, 1.82) is 0 Å². The van der Waals surface area contributed by atoms with Crippen molar-refractivity contribution in [3.63, 3.8) is 0 Å². The molecule has 2 aliphatic rings. The number of hydrogen-bond acceptors (Lipinski definition) is 5. The predicted molar refractivity (Wildman–Crippen MR) is 92.1 cm³/mol. The Morgan fingerprint density at radius 2 is 1.76 bits per heavy atom. The molecule has 1 aromatic rings. The third kappa shape index (κ3) is 3.78. The molecule has 1 saturated heterocycles. The monoisotopic (exact) mass is 343 g/mol. The second-order valence-corrected chi connectivity index (χ2v) is 6.49. The van der Waals surface area contributed by atoms with Gasteiger partial charge >= 0.3 is 0 Å². The van der Waals surface area contributed by atoms with Crippen molar-refractivity contribution in [2.75, 3.05) is 38.2 Å². The van der Waals surface area contributed by atoms with E-state index in [1.165, 1.54) is 0 Å². The topological polar surface area (TPSA) is 72.9 Å². The molecule has 1 heterocycles. The average Bonchev–Trinajstić information content (AvgIpc) is 2.67. The van der Waals surface area contributed by atoms with Crippen LogP contribution in [0, 0.1) is 11.8 Å². The van der Waals surface area contributed by atoms with Crippen LogP contribution in [-0.4, -0.2) is 50.1 Å². The van der Waals surface area contributed by atoms with E-state index < -0.39 is 17.8 Å². The van der Waals surface area contributed by atoms with Gasteiger partial charge in [-0.3, -0.25) is 4.79 Å².